The van der Waals surface area contributed by atoms with E-state index >= 15 is 0 Å². The Bertz CT molecular complexity index is 1020. The molecule has 1 amide bonds. The van der Waals surface area contributed by atoms with Crippen LogP contribution >= 0.6 is 0 Å². The van der Waals surface area contributed by atoms with Gasteiger partial charge in [-0.05, 0) is 66.8 Å². The average Bonchev–Trinajstić information content (AvgIpc) is 2.79. The van der Waals surface area contributed by atoms with E-state index in [2.05, 4.69) is 50.4 Å². The number of hydrogen-bond donors (Lipinski definition) is 1. The molecule has 5 heteroatoms. The summed E-state index contributed by atoms with van der Waals surface area (Å²) in [7, 11) is 0. The predicted octanol–water partition coefficient (Wildman–Crippen LogP) is 5.88. The van der Waals surface area contributed by atoms with Gasteiger partial charge in [-0.2, -0.15) is 0 Å². The number of anilines is 1. The fourth-order valence-corrected chi connectivity index (χ4v) is 3.00. The molecule has 3 rings (SSSR count). The third kappa shape index (κ3) is 6.98. The van der Waals surface area contributed by atoms with E-state index in [4.69, 9.17) is 9.47 Å². The van der Waals surface area contributed by atoms with Crippen LogP contribution in [-0.4, -0.2) is 25.1 Å². The normalized spacial score (nSPS) is 10.6. The van der Waals surface area contributed by atoms with Gasteiger partial charge in [-0.25, -0.2) is 4.79 Å². The summed E-state index contributed by atoms with van der Waals surface area (Å²) in [6.07, 6.45) is 0.828. The molecule has 166 valence electrons. The highest BCUT2D eigenvalue weighted by molar-refractivity contribution is 5.93. The maximum absolute atomic E-state index is 12.2. The van der Waals surface area contributed by atoms with E-state index < -0.39 is 0 Å². The number of hydrogen-bond acceptors (Lipinski definition) is 4. The molecule has 0 heterocycles. The predicted molar refractivity (Wildman–Crippen MR) is 127 cm³/mol. The van der Waals surface area contributed by atoms with Crippen molar-refractivity contribution in [1.82, 2.24) is 0 Å². The maximum Gasteiger partial charge on any atom is 0.338 e. The molecule has 5 nitrogen and oxygen atoms in total. The second kappa shape index (κ2) is 11.1. The first kappa shape index (κ1) is 23.1. The highest BCUT2D eigenvalue weighted by Gasteiger charge is 2.09. The molecule has 0 aliphatic carbocycles. The lowest BCUT2D eigenvalue weighted by Crippen LogP contribution is -2.20. The van der Waals surface area contributed by atoms with Gasteiger partial charge in [0.2, 0.25) is 0 Å². The second-order valence-electron chi connectivity index (χ2n) is 8.12. The summed E-state index contributed by atoms with van der Waals surface area (Å²) in [4.78, 5) is 24.2. The molecule has 0 unspecified atom stereocenters. The van der Waals surface area contributed by atoms with Crippen molar-refractivity contribution >= 4 is 17.6 Å². The number of esters is 1. The Morgan fingerprint density at radius 3 is 2.03 bits per heavy atom. The number of aryl methyl sites for hydroxylation is 1. The zero-order valence-electron chi connectivity index (χ0n) is 18.8. The maximum atomic E-state index is 12.2. The van der Waals surface area contributed by atoms with Crippen LogP contribution in [0.25, 0.3) is 11.1 Å². The van der Waals surface area contributed by atoms with E-state index in [0.29, 0.717) is 29.5 Å². The van der Waals surface area contributed by atoms with Gasteiger partial charge >= 0.3 is 5.97 Å². The number of benzene rings is 3. The van der Waals surface area contributed by atoms with Crippen molar-refractivity contribution < 1.29 is 19.1 Å². The van der Waals surface area contributed by atoms with E-state index in [9.17, 15) is 9.59 Å². The summed E-state index contributed by atoms with van der Waals surface area (Å²) < 4.78 is 10.8. The van der Waals surface area contributed by atoms with E-state index in [-0.39, 0.29) is 18.5 Å². The topological polar surface area (TPSA) is 64.6 Å². The van der Waals surface area contributed by atoms with E-state index in [0.717, 1.165) is 17.5 Å². The average molecular weight is 432 g/mol. The van der Waals surface area contributed by atoms with Crippen molar-refractivity contribution in [3.63, 3.8) is 0 Å². The van der Waals surface area contributed by atoms with E-state index in [1.165, 1.54) is 5.56 Å². The van der Waals surface area contributed by atoms with Gasteiger partial charge in [0.1, 0.15) is 5.75 Å². The van der Waals surface area contributed by atoms with Crippen LogP contribution in [0.4, 0.5) is 5.69 Å². The van der Waals surface area contributed by atoms with Crippen molar-refractivity contribution in [3.8, 4) is 16.9 Å². The minimum Gasteiger partial charge on any atom is -0.484 e. The molecule has 3 aromatic carbocycles. The first-order chi connectivity index (χ1) is 15.4. The highest BCUT2D eigenvalue weighted by Crippen LogP contribution is 2.23. The van der Waals surface area contributed by atoms with Crippen LogP contribution in [0.5, 0.6) is 5.75 Å². The molecule has 32 heavy (non-hydrogen) atoms. The van der Waals surface area contributed by atoms with Crippen molar-refractivity contribution in [2.24, 2.45) is 5.92 Å². The smallest absolute Gasteiger partial charge is 0.338 e. The molecule has 0 spiro atoms. The Balaban J connectivity index is 1.46. The van der Waals surface area contributed by atoms with Crippen LogP contribution in [0.1, 0.15) is 36.2 Å². The molecule has 0 radical (unpaired) electrons. The summed E-state index contributed by atoms with van der Waals surface area (Å²) in [6, 6.07) is 22.6. The van der Waals surface area contributed by atoms with Gasteiger partial charge in [0, 0.05) is 5.69 Å². The molecular weight excluding hydrogens is 402 g/mol. The van der Waals surface area contributed by atoms with E-state index in [1.807, 2.05) is 24.3 Å². The Labute approximate surface area is 189 Å². The zero-order valence-corrected chi connectivity index (χ0v) is 18.8. The summed E-state index contributed by atoms with van der Waals surface area (Å²) in [5, 5.41) is 2.76. The summed E-state index contributed by atoms with van der Waals surface area (Å²) >= 11 is 0. The standard InChI is InChI=1S/C27H29NO4/c1-19(2)16-17-31-27(30)23-8-12-24(13-9-23)28-26(29)18-32-25-14-10-22(11-15-25)21-6-4-20(3)5-7-21/h4-15,19H,16-18H2,1-3H3,(H,28,29). The quantitative estimate of drug-likeness (QED) is 0.430. The number of amides is 1. The Hall–Kier alpha value is -3.60. The fourth-order valence-electron chi connectivity index (χ4n) is 3.00. The molecule has 0 saturated carbocycles. The third-order valence-electron chi connectivity index (χ3n) is 4.94. The largest absolute Gasteiger partial charge is 0.484 e. The number of nitrogens with one attached hydrogen (secondary N) is 1. The fraction of sp³-hybridized carbons (Fsp3) is 0.259. The summed E-state index contributed by atoms with van der Waals surface area (Å²) in [5.41, 5.74) is 4.48. The van der Waals surface area contributed by atoms with Gasteiger partial charge in [-0.15, -0.1) is 0 Å². The van der Waals surface area contributed by atoms with Gasteiger partial charge in [0.25, 0.3) is 5.91 Å². The number of carbonyl (C=O) groups excluding carboxylic acids is 2. The molecule has 0 aliphatic rings. The molecule has 0 bridgehead atoms. The van der Waals surface area contributed by atoms with Crippen LogP contribution in [0.3, 0.4) is 0 Å². The zero-order chi connectivity index (χ0) is 22.9. The molecule has 3 aromatic rings. The minimum absolute atomic E-state index is 0.108. The molecule has 0 saturated heterocycles. The lowest BCUT2D eigenvalue weighted by atomic mass is 10.0. The van der Waals surface area contributed by atoms with Crippen LogP contribution in [-0.2, 0) is 9.53 Å². The Morgan fingerprint density at radius 1 is 0.844 bits per heavy atom. The second-order valence-corrected chi connectivity index (χ2v) is 8.12. The van der Waals surface area contributed by atoms with Gasteiger partial charge < -0.3 is 14.8 Å². The van der Waals surface area contributed by atoms with E-state index in [1.54, 1.807) is 24.3 Å². The van der Waals surface area contributed by atoms with Crippen molar-refractivity contribution in [1.29, 1.82) is 0 Å². The monoisotopic (exact) mass is 431 g/mol. The lowest BCUT2D eigenvalue weighted by Gasteiger charge is -2.10. The lowest BCUT2D eigenvalue weighted by molar-refractivity contribution is -0.118. The summed E-state index contributed by atoms with van der Waals surface area (Å²) in [6.45, 7) is 6.51. The van der Waals surface area contributed by atoms with Gasteiger partial charge in [-0.3, -0.25) is 4.79 Å². The summed E-state index contributed by atoms with van der Waals surface area (Å²) in [5.74, 6) is 0.463. The number of carbonyl (C=O) groups is 2. The van der Waals surface area contributed by atoms with Crippen molar-refractivity contribution in [2.45, 2.75) is 27.2 Å². The van der Waals surface area contributed by atoms with Gasteiger partial charge in [0.15, 0.2) is 6.61 Å². The van der Waals surface area contributed by atoms with Crippen molar-refractivity contribution in [3.05, 3.63) is 83.9 Å². The highest BCUT2D eigenvalue weighted by atomic mass is 16.5. The molecule has 1 N–H and O–H groups in total. The van der Waals surface area contributed by atoms with Crippen LogP contribution in [0.2, 0.25) is 0 Å². The third-order valence-corrected chi connectivity index (χ3v) is 4.94. The van der Waals surface area contributed by atoms with Gasteiger partial charge in [-0.1, -0.05) is 55.8 Å². The molecule has 0 fully saturated rings. The molecule has 0 aliphatic heterocycles. The van der Waals surface area contributed by atoms with Crippen LogP contribution in [0, 0.1) is 12.8 Å². The van der Waals surface area contributed by atoms with Crippen LogP contribution < -0.4 is 10.1 Å². The van der Waals surface area contributed by atoms with Gasteiger partial charge in [0.05, 0.1) is 12.2 Å². The Morgan fingerprint density at radius 2 is 1.44 bits per heavy atom. The Kier molecular flexibility index (Phi) is 8.03. The molecule has 0 atom stereocenters. The minimum atomic E-state index is -0.360. The number of ether oxygens (including phenoxy) is 2. The SMILES string of the molecule is Cc1ccc(-c2ccc(OCC(=O)Nc3ccc(C(=O)OCCC(C)C)cc3)cc2)cc1. The molecule has 0 aromatic heterocycles. The molecular formula is C27H29NO4. The van der Waals surface area contributed by atoms with Crippen molar-refractivity contribution in [2.75, 3.05) is 18.5 Å². The number of rotatable bonds is 9. The van der Waals surface area contributed by atoms with Crippen LogP contribution in [0.15, 0.2) is 72.8 Å². The first-order valence-corrected chi connectivity index (χ1v) is 10.8. The first-order valence-electron chi connectivity index (χ1n) is 10.8.